The van der Waals surface area contributed by atoms with Crippen molar-refractivity contribution in [1.82, 2.24) is 29.7 Å². The number of para-hydroxylation sites is 1. The number of ether oxygens (including phenoxy) is 2. The molecule has 3 aromatic carbocycles. The van der Waals surface area contributed by atoms with E-state index in [4.69, 9.17) is 29.0 Å². The fourth-order valence-corrected chi connectivity index (χ4v) is 7.47. The summed E-state index contributed by atoms with van der Waals surface area (Å²) in [7, 11) is -1.87. The van der Waals surface area contributed by atoms with E-state index < -0.39 is 8.32 Å². The molecule has 6 aromatic rings. The van der Waals surface area contributed by atoms with Gasteiger partial charge < -0.3 is 19.2 Å². The quantitative estimate of drug-likeness (QED) is 0.0805. The largest absolute Gasteiger partial charge is 0.494 e. The molecule has 3 aromatic heterocycles. The van der Waals surface area contributed by atoms with Crippen LogP contribution in [-0.4, -0.2) is 57.9 Å². The second-order valence-corrected chi connectivity index (χ2v) is 20.0. The summed E-state index contributed by atoms with van der Waals surface area (Å²) in [5.74, 6) is 2.60. The van der Waals surface area contributed by atoms with Crippen molar-refractivity contribution >= 4 is 42.6 Å². The Labute approximate surface area is 315 Å². The molecule has 13 heteroatoms. The molecular weight excluding hydrogens is 706 g/mol. The number of aromatic nitrogens is 6. The summed E-state index contributed by atoms with van der Waals surface area (Å²) >= 11 is 1.49. The first-order valence-electron chi connectivity index (χ1n) is 17.8. The molecule has 0 amide bonds. The van der Waals surface area contributed by atoms with E-state index in [1.54, 1.807) is 23.1 Å². The first-order valence-corrected chi connectivity index (χ1v) is 21.5. The third-order valence-corrected chi connectivity index (χ3v) is 14.8. The highest BCUT2D eigenvalue weighted by Gasteiger charge is 2.36. The molecule has 0 atom stereocenters. The average molecular weight is 752 g/mol. The Hall–Kier alpha value is -4.85. The van der Waals surface area contributed by atoms with Gasteiger partial charge in [0.25, 0.3) is 0 Å². The van der Waals surface area contributed by atoms with E-state index in [1.807, 2.05) is 74.5 Å². The summed E-state index contributed by atoms with van der Waals surface area (Å²) in [6.07, 6.45) is 4.05. The number of fused-ring (bicyclic) bond motifs is 1. The van der Waals surface area contributed by atoms with Crippen LogP contribution in [0.25, 0.3) is 22.4 Å². The summed E-state index contributed by atoms with van der Waals surface area (Å²) in [6.45, 7) is 16.5. The van der Waals surface area contributed by atoms with Crippen molar-refractivity contribution in [1.29, 1.82) is 0 Å². The predicted molar refractivity (Wildman–Crippen MR) is 211 cm³/mol. The molecule has 0 saturated carbocycles. The number of aryl methyl sites for hydroxylation is 1. The molecule has 0 aliphatic rings. The standard InChI is InChI=1S/C40H46FN7O3SSi/c1-8-49-28-23-32(41)31(35(24-28)52-29-15-10-9-11-16-29)26-48-33-18-13-12-17-30(33)37(47-48)39-43-25-34(38(46-39)45-36-19-20-42-27(2)44-36)50-21-14-22-51-53(6,7)40(3,4)5/h9-13,15-20,23-25H,8,14,21-22,26H2,1-7H3,(H,42,43,44,45,46). The number of hydrogen-bond donors (Lipinski definition) is 1. The number of halogens is 1. The number of rotatable bonds is 15. The fourth-order valence-electron chi connectivity index (χ4n) is 5.37. The molecule has 276 valence electrons. The smallest absolute Gasteiger partial charge is 0.191 e. The van der Waals surface area contributed by atoms with Crippen LogP contribution in [0, 0.1) is 12.7 Å². The number of hydrogen-bond acceptors (Lipinski definition) is 10. The summed E-state index contributed by atoms with van der Waals surface area (Å²) in [4.78, 5) is 20.1. The zero-order chi connectivity index (χ0) is 37.6. The first-order chi connectivity index (χ1) is 25.4. The van der Waals surface area contributed by atoms with Gasteiger partial charge in [-0.15, -0.1) is 0 Å². The molecule has 0 saturated heterocycles. The highest BCUT2D eigenvalue weighted by atomic mass is 32.2. The Morgan fingerprint density at radius 3 is 2.45 bits per heavy atom. The third-order valence-electron chi connectivity index (χ3n) is 9.18. The van der Waals surface area contributed by atoms with Crippen LogP contribution < -0.4 is 14.8 Å². The van der Waals surface area contributed by atoms with Crippen molar-refractivity contribution < 1.29 is 18.3 Å². The molecule has 0 aliphatic heterocycles. The maximum atomic E-state index is 15.9. The molecule has 1 N–H and O–H groups in total. The van der Waals surface area contributed by atoms with Gasteiger partial charge in [-0.25, -0.2) is 24.3 Å². The van der Waals surface area contributed by atoms with E-state index in [0.29, 0.717) is 72.3 Å². The molecule has 3 heterocycles. The van der Waals surface area contributed by atoms with Gasteiger partial charge in [0.05, 0.1) is 31.5 Å². The Morgan fingerprint density at radius 2 is 1.70 bits per heavy atom. The molecule has 0 unspecified atom stereocenters. The normalized spacial score (nSPS) is 11.9. The van der Waals surface area contributed by atoms with Gasteiger partial charge in [0, 0.05) is 46.0 Å². The lowest BCUT2D eigenvalue weighted by Crippen LogP contribution is -2.41. The lowest BCUT2D eigenvalue weighted by molar-refractivity contribution is 0.233. The van der Waals surface area contributed by atoms with Crippen LogP contribution in [0.1, 0.15) is 45.5 Å². The number of nitrogens with zero attached hydrogens (tertiary/aromatic N) is 6. The van der Waals surface area contributed by atoms with E-state index in [1.165, 1.54) is 17.8 Å². The second-order valence-electron chi connectivity index (χ2n) is 14.1. The van der Waals surface area contributed by atoms with E-state index in [-0.39, 0.29) is 17.4 Å². The Balaban J connectivity index is 1.32. The Kier molecular flexibility index (Phi) is 11.8. The summed E-state index contributed by atoms with van der Waals surface area (Å²) in [5, 5.41) is 9.27. The molecule has 6 rings (SSSR count). The van der Waals surface area contributed by atoms with E-state index in [2.05, 4.69) is 49.1 Å². The summed E-state index contributed by atoms with van der Waals surface area (Å²) < 4.78 is 36.0. The van der Waals surface area contributed by atoms with Gasteiger partial charge in [-0.05, 0) is 62.3 Å². The lowest BCUT2D eigenvalue weighted by atomic mass is 10.1. The number of benzene rings is 3. The molecule has 0 aliphatic carbocycles. The molecule has 53 heavy (non-hydrogen) atoms. The van der Waals surface area contributed by atoms with Gasteiger partial charge in [0.1, 0.15) is 28.9 Å². The van der Waals surface area contributed by atoms with Crippen molar-refractivity contribution in [2.75, 3.05) is 25.1 Å². The molecule has 0 radical (unpaired) electrons. The second kappa shape index (κ2) is 16.4. The minimum Gasteiger partial charge on any atom is -0.494 e. The maximum absolute atomic E-state index is 15.9. The number of anilines is 2. The van der Waals surface area contributed by atoms with Crippen LogP contribution in [0.5, 0.6) is 11.5 Å². The molecule has 0 spiro atoms. The number of nitrogens with one attached hydrogen (secondary N) is 1. The van der Waals surface area contributed by atoms with Gasteiger partial charge >= 0.3 is 0 Å². The molecular formula is C40H46FN7O3SSi. The molecule has 0 fully saturated rings. The SMILES string of the molecule is CCOc1cc(F)c(Cn2nc(-c3ncc(OCCCO[Si](C)(C)C(C)(C)C)c(Nc4ccnc(C)n4)n3)c3ccccc32)c(Sc2ccccc2)c1. The van der Waals surface area contributed by atoms with Crippen LogP contribution in [0.15, 0.2) is 95.0 Å². The van der Waals surface area contributed by atoms with Crippen LogP contribution in [0.4, 0.5) is 16.0 Å². The van der Waals surface area contributed by atoms with Crippen LogP contribution in [-0.2, 0) is 11.0 Å². The zero-order valence-electron chi connectivity index (χ0n) is 31.3. The fraction of sp³-hybridized carbons (Fsp3) is 0.325. The summed E-state index contributed by atoms with van der Waals surface area (Å²) in [5.41, 5.74) is 1.88. The van der Waals surface area contributed by atoms with E-state index >= 15 is 4.39 Å². The predicted octanol–water partition coefficient (Wildman–Crippen LogP) is 9.86. The van der Waals surface area contributed by atoms with Gasteiger partial charge in [0.15, 0.2) is 25.7 Å². The topological polar surface area (TPSA) is 109 Å². The highest BCUT2D eigenvalue weighted by Crippen LogP contribution is 2.38. The molecule has 10 nitrogen and oxygen atoms in total. The van der Waals surface area contributed by atoms with Crippen molar-refractivity contribution in [2.45, 2.75) is 75.5 Å². The summed E-state index contributed by atoms with van der Waals surface area (Å²) in [6, 6.07) is 22.8. The van der Waals surface area contributed by atoms with Gasteiger partial charge in [-0.2, -0.15) is 5.10 Å². The molecule has 0 bridgehead atoms. The third kappa shape index (κ3) is 9.21. The average Bonchev–Trinajstić information content (AvgIpc) is 3.48. The highest BCUT2D eigenvalue weighted by molar-refractivity contribution is 7.99. The van der Waals surface area contributed by atoms with Crippen molar-refractivity contribution in [3.8, 4) is 23.0 Å². The van der Waals surface area contributed by atoms with Gasteiger partial charge in [-0.3, -0.25) is 4.68 Å². The van der Waals surface area contributed by atoms with E-state index in [9.17, 15) is 0 Å². The van der Waals surface area contributed by atoms with Crippen LogP contribution in [0.3, 0.4) is 0 Å². The lowest BCUT2D eigenvalue weighted by Gasteiger charge is -2.36. The van der Waals surface area contributed by atoms with Crippen LogP contribution in [0.2, 0.25) is 18.1 Å². The van der Waals surface area contributed by atoms with Crippen molar-refractivity contribution in [3.05, 3.63) is 102 Å². The Bertz CT molecular complexity index is 2180. The van der Waals surface area contributed by atoms with Crippen molar-refractivity contribution in [3.63, 3.8) is 0 Å². The monoisotopic (exact) mass is 751 g/mol. The minimum absolute atomic E-state index is 0.132. The van der Waals surface area contributed by atoms with E-state index in [0.717, 1.165) is 20.7 Å². The van der Waals surface area contributed by atoms with Crippen LogP contribution >= 0.6 is 11.8 Å². The Morgan fingerprint density at radius 1 is 0.925 bits per heavy atom. The van der Waals surface area contributed by atoms with Gasteiger partial charge in [-0.1, -0.05) is 68.9 Å². The zero-order valence-corrected chi connectivity index (χ0v) is 33.1. The van der Waals surface area contributed by atoms with Crippen molar-refractivity contribution in [2.24, 2.45) is 0 Å². The maximum Gasteiger partial charge on any atom is 0.191 e. The first kappa shape index (κ1) is 37.9. The minimum atomic E-state index is -1.87. The van der Waals surface area contributed by atoms with Gasteiger partial charge in [0.2, 0.25) is 0 Å².